The Morgan fingerprint density at radius 2 is 2.42 bits per heavy atom. The molecule has 1 aromatic heterocycles. The van der Waals surface area contributed by atoms with E-state index in [1.165, 1.54) is 11.3 Å². The molecule has 1 fully saturated rings. The van der Waals surface area contributed by atoms with Crippen LogP contribution in [0.5, 0.6) is 0 Å². The van der Waals surface area contributed by atoms with Crippen LogP contribution in [0.25, 0.3) is 0 Å². The molecule has 0 radical (unpaired) electrons. The molecule has 1 aliphatic heterocycles. The number of likely N-dealkylation sites (tertiary alicyclic amines) is 1. The average molecular weight is 283 g/mol. The number of rotatable bonds is 4. The fourth-order valence-electron chi connectivity index (χ4n) is 2.26. The zero-order valence-corrected chi connectivity index (χ0v) is 11.6. The zero-order chi connectivity index (χ0) is 13.9. The Labute approximate surface area is 115 Å². The van der Waals surface area contributed by atoms with E-state index in [2.05, 4.69) is 10.3 Å². The minimum atomic E-state index is -0.815. The number of carbonyl (C=O) groups is 2. The summed E-state index contributed by atoms with van der Waals surface area (Å²) in [6.45, 7) is 3.01. The van der Waals surface area contributed by atoms with Crippen LogP contribution in [0.4, 0.5) is 4.79 Å². The van der Waals surface area contributed by atoms with Gasteiger partial charge in [0.1, 0.15) is 5.01 Å². The van der Waals surface area contributed by atoms with Crippen molar-refractivity contribution < 1.29 is 14.7 Å². The lowest BCUT2D eigenvalue weighted by atomic mass is 9.84. The lowest BCUT2D eigenvalue weighted by Crippen LogP contribution is -2.41. The Kier molecular flexibility index (Phi) is 4.04. The molecule has 0 aliphatic carbocycles. The molecule has 19 heavy (non-hydrogen) atoms. The van der Waals surface area contributed by atoms with Crippen LogP contribution in [-0.4, -0.2) is 40.1 Å². The van der Waals surface area contributed by atoms with Crippen molar-refractivity contribution in [3.63, 3.8) is 0 Å². The number of aromatic nitrogens is 1. The summed E-state index contributed by atoms with van der Waals surface area (Å²) in [4.78, 5) is 28.9. The first-order chi connectivity index (χ1) is 9.07. The summed E-state index contributed by atoms with van der Waals surface area (Å²) in [5.74, 6) is -0.815. The van der Waals surface area contributed by atoms with Gasteiger partial charge in [0.05, 0.1) is 12.0 Å². The van der Waals surface area contributed by atoms with Crippen LogP contribution in [-0.2, 0) is 11.3 Å². The number of thiazole rings is 1. The highest BCUT2D eigenvalue weighted by atomic mass is 32.1. The molecule has 104 valence electrons. The summed E-state index contributed by atoms with van der Waals surface area (Å²) in [6.07, 6.45) is 2.75. The number of carboxylic acid groups (broad SMARTS) is 1. The summed E-state index contributed by atoms with van der Waals surface area (Å²) in [7, 11) is 0. The van der Waals surface area contributed by atoms with Gasteiger partial charge < -0.3 is 15.3 Å². The van der Waals surface area contributed by atoms with Gasteiger partial charge in [0.15, 0.2) is 0 Å². The van der Waals surface area contributed by atoms with Crippen molar-refractivity contribution in [2.24, 2.45) is 5.41 Å². The lowest BCUT2D eigenvalue weighted by Gasteiger charge is -2.23. The molecule has 1 aromatic rings. The van der Waals surface area contributed by atoms with Crippen LogP contribution in [0.15, 0.2) is 11.6 Å². The second-order valence-corrected chi connectivity index (χ2v) is 5.67. The molecule has 1 atom stereocenters. The highest BCUT2D eigenvalue weighted by molar-refractivity contribution is 7.09. The van der Waals surface area contributed by atoms with Crippen LogP contribution in [0.3, 0.4) is 0 Å². The van der Waals surface area contributed by atoms with Gasteiger partial charge in [0.25, 0.3) is 0 Å². The van der Waals surface area contributed by atoms with E-state index in [0.717, 1.165) is 5.01 Å². The van der Waals surface area contributed by atoms with E-state index in [4.69, 9.17) is 0 Å². The number of aliphatic carboxylic acids is 1. The predicted molar refractivity (Wildman–Crippen MR) is 70.9 cm³/mol. The molecule has 0 spiro atoms. The molecule has 2 amide bonds. The van der Waals surface area contributed by atoms with Gasteiger partial charge in [0.2, 0.25) is 0 Å². The van der Waals surface area contributed by atoms with Crippen molar-refractivity contribution in [3.05, 3.63) is 16.6 Å². The monoisotopic (exact) mass is 283 g/mol. The maximum atomic E-state index is 12.0. The lowest BCUT2D eigenvalue weighted by molar-refractivity contribution is -0.148. The largest absolute Gasteiger partial charge is 0.481 e. The van der Waals surface area contributed by atoms with Crippen LogP contribution >= 0.6 is 11.3 Å². The van der Waals surface area contributed by atoms with E-state index in [0.29, 0.717) is 25.9 Å². The van der Waals surface area contributed by atoms with E-state index in [9.17, 15) is 14.7 Å². The molecule has 1 unspecified atom stereocenters. The van der Waals surface area contributed by atoms with Crippen molar-refractivity contribution in [2.45, 2.75) is 26.3 Å². The van der Waals surface area contributed by atoms with Crippen LogP contribution in [0, 0.1) is 5.41 Å². The third-order valence-corrected chi connectivity index (χ3v) is 4.43. The Morgan fingerprint density at radius 1 is 1.63 bits per heavy atom. The molecule has 0 aromatic carbocycles. The first kappa shape index (κ1) is 13.8. The van der Waals surface area contributed by atoms with Gasteiger partial charge in [-0.1, -0.05) is 6.92 Å². The Bertz CT molecular complexity index is 463. The van der Waals surface area contributed by atoms with Crippen LogP contribution in [0.2, 0.25) is 0 Å². The van der Waals surface area contributed by atoms with Crippen molar-refractivity contribution >= 4 is 23.3 Å². The Morgan fingerprint density at radius 3 is 2.95 bits per heavy atom. The third kappa shape index (κ3) is 2.86. The number of hydrogen-bond acceptors (Lipinski definition) is 4. The standard InChI is InChI=1S/C12H17N3O3S/c1-2-12(10(16)17)3-5-15(8-12)11(18)14-7-9-13-4-6-19-9/h4,6H,2-3,5,7-8H2,1H3,(H,14,18)(H,16,17). The van der Waals surface area contributed by atoms with Gasteiger partial charge in [-0.05, 0) is 12.8 Å². The molecule has 2 rings (SSSR count). The molecular formula is C12H17N3O3S. The maximum absolute atomic E-state index is 12.0. The highest BCUT2D eigenvalue weighted by Gasteiger charge is 2.44. The average Bonchev–Trinajstić information content (AvgIpc) is 3.05. The van der Waals surface area contributed by atoms with E-state index >= 15 is 0 Å². The number of amides is 2. The quantitative estimate of drug-likeness (QED) is 0.878. The second kappa shape index (κ2) is 5.56. The number of nitrogens with one attached hydrogen (secondary N) is 1. The third-order valence-electron chi connectivity index (χ3n) is 3.65. The fraction of sp³-hybridized carbons (Fsp3) is 0.583. The molecule has 0 bridgehead atoms. The first-order valence-corrected chi connectivity index (χ1v) is 7.10. The summed E-state index contributed by atoms with van der Waals surface area (Å²) in [5.41, 5.74) is -0.779. The number of urea groups is 1. The topological polar surface area (TPSA) is 82.5 Å². The van der Waals surface area contributed by atoms with E-state index in [1.807, 2.05) is 12.3 Å². The molecular weight excluding hydrogens is 266 g/mol. The smallest absolute Gasteiger partial charge is 0.317 e. The van der Waals surface area contributed by atoms with Crippen LogP contribution in [0.1, 0.15) is 24.8 Å². The predicted octanol–water partition coefficient (Wildman–Crippen LogP) is 1.54. The van der Waals surface area contributed by atoms with Crippen molar-refractivity contribution in [1.82, 2.24) is 15.2 Å². The summed E-state index contributed by atoms with van der Waals surface area (Å²) in [6, 6.07) is -0.216. The maximum Gasteiger partial charge on any atom is 0.317 e. The number of carbonyl (C=O) groups excluding carboxylic acids is 1. The summed E-state index contributed by atoms with van der Waals surface area (Å²) in [5, 5.41) is 14.7. The highest BCUT2D eigenvalue weighted by Crippen LogP contribution is 2.34. The number of carboxylic acids is 1. The molecule has 0 saturated carbocycles. The van der Waals surface area contributed by atoms with E-state index in [1.54, 1.807) is 11.1 Å². The number of hydrogen-bond donors (Lipinski definition) is 2. The summed E-state index contributed by atoms with van der Waals surface area (Å²) >= 11 is 1.48. The fourth-order valence-corrected chi connectivity index (χ4v) is 2.82. The van der Waals surface area contributed by atoms with Gasteiger partial charge in [0, 0.05) is 24.7 Å². The Balaban J connectivity index is 1.89. The van der Waals surface area contributed by atoms with Gasteiger partial charge in [-0.2, -0.15) is 0 Å². The minimum absolute atomic E-state index is 0.216. The van der Waals surface area contributed by atoms with E-state index in [-0.39, 0.29) is 12.6 Å². The van der Waals surface area contributed by atoms with Gasteiger partial charge in [-0.15, -0.1) is 11.3 Å². The molecule has 6 nitrogen and oxygen atoms in total. The molecule has 7 heteroatoms. The number of nitrogens with zero attached hydrogens (tertiary/aromatic N) is 2. The molecule has 2 heterocycles. The zero-order valence-electron chi connectivity index (χ0n) is 10.8. The second-order valence-electron chi connectivity index (χ2n) is 4.70. The van der Waals surface area contributed by atoms with Gasteiger partial charge >= 0.3 is 12.0 Å². The Hall–Kier alpha value is -1.63. The van der Waals surface area contributed by atoms with Crippen molar-refractivity contribution in [3.8, 4) is 0 Å². The molecule has 2 N–H and O–H groups in total. The van der Waals surface area contributed by atoms with Gasteiger partial charge in [-0.3, -0.25) is 4.79 Å². The van der Waals surface area contributed by atoms with E-state index < -0.39 is 11.4 Å². The SMILES string of the molecule is CCC1(C(=O)O)CCN(C(=O)NCc2nccs2)C1. The van der Waals surface area contributed by atoms with Crippen LogP contribution < -0.4 is 5.32 Å². The van der Waals surface area contributed by atoms with Crippen molar-refractivity contribution in [1.29, 1.82) is 0 Å². The van der Waals surface area contributed by atoms with Crippen molar-refractivity contribution in [2.75, 3.05) is 13.1 Å². The molecule has 1 saturated heterocycles. The van der Waals surface area contributed by atoms with Gasteiger partial charge in [-0.25, -0.2) is 9.78 Å². The summed E-state index contributed by atoms with van der Waals surface area (Å²) < 4.78 is 0. The minimum Gasteiger partial charge on any atom is -0.481 e. The molecule has 1 aliphatic rings. The normalized spacial score (nSPS) is 22.5. The first-order valence-electron chi connectivity index (χ1n) is 6.22.